The largest absolute Gasteiger partial charge is 0.486 e. The first-order valence-corrected chi connectivity index (χ1v) is 16.5. The summed E-state index contributed by atoms with van der Waals surface area (Å²) in [5.41, 5.74) is 6.77. The number of benzene rings is 2. The highest BCUT2D eigenvalue weighted by Gasteiger charge is 2.37. The van der Waals surface area contributed by atoms with Gasteiger partial charge >= 0.3 is 5.97 Å². The summed E-state index contributed by atoms with van der Waals surface area (Å²) < 4.78 is 21.0. The fourth-order valence-corrected chi connectivity index (χ4v) is 6.48. The Bertz CT molecular complexity index is 1850. The molecular weight excluding hydrogens is 592 g/mol. The van der Waals surface area contributed by atoms with Gasteiger partial charge in [-0.15, -0.1) is 0 Å². The average Bonchev–Trinajstić information content (AvgIpc) is 3.43. The zero-order chi connectivity index (χ0) is 33.7. The van der Waals surface area contributed by atoms with Crippen molar-refractivity contribution >= 4 is 17.4 Å². The number of carboxylic acids is 1. The van der Waals surface area contributed by atoms with Crippen LogP contribution in [-0.2, 0) is 14.3 Å². The summed E-state index contributed by atoms with van der Waals surface area (Å²) in [4.78, 5) is 19.9. The van der Waals surface area contributed by atoms with Gasteiger partial charge in [-0.3, -0.25) is 0 Å². The maximum Gasteiger partial charge on any atom is 0.337 e. The number of anilines is 1. The molecule has 3 aliphatic rings. The molecule has 47 heavy (non-hydrogen) atoms. The third kappa shape index (κ3) is 6.78. The minimum atomic E-state index is -1.22. The van der Waals surface area contributed by atoms with E-state index in [2.05, 4.69) is 56.0 Å². The van der Waals surface area contributed by atoms with E-state index in [0.717, 1.165) is 46.5 Å². The summed E-state index contributed by atoms with van der Waals surface area (Å²) in [7, 11) is 0. The van der Waals surface area contributed by atoms with Crippen LogP contribution in [0, 0.1) is 20.8 Å². The second-order valence-electron chi connectivity index (χ2n) is 14.2. The number of nitrogens with zero attached hydrogens (tertiary/aromatic N) is 4. The number of hydrogen-bond acceptors (Lipinski definition) is 7. The molecule has 7 rings (SSSR count). The maximum absolute atomic E-state index is 12.8. The smallest absolute Gasteiger partial charge is 0.337 e. The minimum Gasteiger partial charge on any atom is -0.486 e. The standard InChI is InChI=1S/C38H46N4O5/c1-23-19-29-27-12-9-13-28(21-27)30-22-32-39-26(4)33(34(36(43)44)47-37(5,6)7)35(42(32)40-30)41-16-14-38(8,15-17-41)45-18-10-11-25(3)46-31(29)20-24(23)2/h9-13,19-22,25,34H,14-18H2,1-8H3,(H,43,44)/b11-10-/t25-,34-/m0/s1. The quantitative estimate of drug-likeness (QED) is 0.229. The van der Waals surface area contributed by atoms with Crippen molar-refractivity contribution in [3.05, 3.63) is 77.0 Å². The molecule has 0 saturated carbocycles. The van der Waals surface area contributed by atoms with Gasteiger partial charge in [-0.1, -0.05) is 24.3 Å². The van der Waals surface area contributed by atoms with Crippen LogP contribution in [0.4, 0.5) is 5.82 Å². The van der Waals surface area contributed by atoms with Crippen LogP contribution in [0.25, 0.3) is 28.0 Å². The molecule has 0 spiro atoms. The van der Waals surface area contributed by atoms with Gasteiger partial charge in [-0.05, 0) is 109 Å². The summed E-state index contributed by atoms with van der Waals surface area (Å²) in [6.07, 6.45) is 4.24. The summed E-state index contributed by atoms with van der Waals surface area (Å²) >= 11 is 0. The lowest BCUT2D eigenvalue weighted by molar-refractivity contribution is -0.160. The first-order chi connectivity index (χ1) is 22.2. The molecule has 0 amide bonds. The molecule has 2 aromatic heterocycles. The van der Waals surface area contributed by atoms with Gasteiger partial charge in [-0.2, -0.15) is 9.61 Å². The monoisotopic (exact) mass is 638 g/mol. The van der Waals surface area contributed by atoms with Crippen LogP contribution in [0.3, 0.4) is 0 Å². The fraction of sp³-hybridized carbons (Fsp3) is 0.447. The molecule has 248 valence electrons. The van der Waals surface area contributed by atoms with Gasteiger partial charge in [0.25, 0.3) is 0 Å². The van der Waals surface area contributed by atoms with Gasteiger partial charge in [0.2, 0.25) is 0 Å². The van der Waals surface area contributed by atoms with E-state index in [0.29, 0.717) is 42.4 Å². The van der Waals surface area contributed by atoms with Crippen molar-refractivity contribution in [2.24, 2.45) is 0 Å². The van der Waals surface area contributed by atoms with E-state index in [4.69, 9.17) is 24.3 Å². The number of aliphatic carboxylic acids is 1. The maximum atomic E-state index is 12.8. The lowest BCUT2D eigenvalue weighted by Gasteiger charge is -2.41. The van der Waals surface area contributed by atoms with Crippen LogP contribution in [0.2, 0.25) is 0 Å². The van der Waals surface area contributed by atoms with Crippen molar-refractivity contribution in [2.45, 2.75) is 91.6 Å². The van der Waals surface area contributed by atoms with Crippen molar-refractivity contribution in [1.82, 2.24) is 14.6 Å². The molecule has 5 heterocycles. The van der Waals surface area contributed by atoms with Gasteiger partial charge in [0.1, 0.15) is 17.7 Å². The number of hydrogen-bond donors (Lipinski definition) is 1. The molecule has 1 fully saturated rings. The number of aryl methyl sites for hydroxylation is 3. The average molecular weight is 639 g/mol. The number of aromatic nitrogens is 3. The Hall–Kier alpha value is -4.21. The second kappa shape index (κ2) is 12.4. The predicted molar refractivity (Wildman–Crippen MR) is 184 cm³/mol. The molecule has 0 aliphatic carbocycles. The van der Waals surface area contributed by atoms with E-state index in [1.165, 1.54) is 5.56 Å². The van der Waals surface area contributed by atoms with E-state index in [1.807, 2.05) is 58.9 Å². The zero-order valence-corrected chi connectivity index (χ0v) is 28.8. The molecular formula is C38H46N4O5. The summed E-state index contributed by atoms with van der Waals surface area (Å²) in [6, 6.07) is 14.6. The Morgan fingerprint density at radius 2 is 1.77 bits per heavy atom. The Balaban J connectivity index is 1.57. The lowest BCUT2D eigenvalue weighted by atomic mass is 9.92. The summed E-state index contributed by atoms with van der Waals surface area (Å²) in [5.74, 6) is 0.455. The highest BCUT2D eigenvalue weighted by atomic mass is 16.5. The van der Waals surface area contributed by atoms with Crippen molar-refractivity contribution < 1.29 is 24.1 Å². The number of ether oxygens (including phenoxy) is 3. The Morgan fingerprint density at radius 3 is 2.47 bits per heavy atom. The summed E-state index contributed by atoms with van der Waals surface area (Å²) in [6.45, 7) is 17.7. The predicted octanol–water partition coefficient (Wildman–Crippen LogP) is 7.64. The van der Waals surface area contributed by atoms with E-state index in [-0.39, 0.29) is 11.7 Å². The Labute approximate surface area is 277 Å². The molecule has 4 aromatic rings. The Kier molecular flexibility index (Phi) is 8.65. The van der Waals surface area contributed by atoms with E-state index < -0.39 is 17.7 Å². The molecule has 2 aromatic carbocycles. The van der Waals surface area contributed by atoms with Gasteiger partial charge in [-0.25, -0.2) is 9.78 Å². The molecule has 9 nitrogen and oxygen atoms in total. The number of rotatable bonds is 3. The highest BCUT2D eigenvalue weighted by molar-refractivity contribution is 5.80. The van der Waals surface area contributed by atoms with Crippen LogP contribution in [-0.4, -0.2) is 62.7 Å². The molecule has 6 bridgehead atoms. The molecule has 1 N–H and O–H groups in total. The molecule has 1 saturated heterocycles. The third-order valence-electron chi connectivity index (χ3n) is 9.20. The normalized spacial score (nSPS) is 21.4. The van der Waals surface area contributed by atoms with Crippen LogP contribution in [0.5, 0.6) is 5.75 Å². The van der Waals surface area contributed by atoms with Crippen LogP contribution < -0.4 is 9.64 Å². The highest BCUT2D eigenvalue weighted by Crippen LogP contribution is 2.40. The van der Waals surface area contributed by atoms with E-state index >= 15 is 0 Å². The number of piperidine rings is 1. The SMILES string of the molecule is Cc1cc2c(cc1C)-c1cccc(c1)-c1cc3nc(C)c([C@H](OC(C)(C)C)C(=O)O)c(n3n1)N1CCC(C)(CC1)OC/C=C\[C@H](C)O2. The van der Waals surface area contributed by atoms with Crippen molar-refractivity contribution in [1.29, 1.82) is 0 Å². The van der Waals surface area contributed by atoms with Gasteiger partial charge in [0.05, 0.1) is 29.1 Å². The molecule has 9 heteroatoms. The zero-order valence-electron chi connectivity index (χ0n) is 28.8. The van der Waals surface area contributed by atoms with Crippen LogP contribution in [0.15, 0.2) is 54.6 Å². The second-order valence-corrected chi connectivity index (χ2v) is 14.2. The topological polar surface area (TPSA) is 98.4 Å². The molecule has 2 atom stereocenters. The van der Waals surface area contributed by atoms with Crippen LogP contribution >= 0.6 is 0 Å². The molecule has 3 aliphatic heterocycles. The third-order valence-corrected chi connectivity index (χ3v) is 9.20. The Morgan fingerprint density at radius 1 is 1.06 bits per heavy atom. The van der Waals surface area contributed by atoms with Crippen LogP contribution in [0.1, 0.15) is 75.9 Å². The number of carbonyl (C=O) groups is 1. The van der Waals surface area contributed by atoms with Crippen molar-refractivity contribution in [3.8, 4) is 28.1 Å². The fourth-order valence-electron chi connectivity index (χ4n) is 6.48. The molecule has 0 radical (unpaired) electrons. The lowest BCUT2D eigenvalue weighted by Crippen LogP contribution is -2.45. The first-order valence-electron chi connectivity index (χ1n) is 16.5. The summed E-state index contributed by atoms with van der Waals surface area (Å²) in [5, 5.41) is 15.6. The molecule has 0 unspecified atom stereocenters. The first kappa shape index (κ1) is 32.7. The minimum absolute atomic E-state index is 0.153. The van der Waals surface area contributed by atoms with Gasteiger partial charge in [0, 0.05) is 36.0 Å². The van der Waals surface area contributed by atoms with Gasteiger partial charge in [0.15, 0.2) is 11.8 Å². The van der Waals surface area contributed by atoms with Gasteiger partial charge < -0.3 is 24.2 Å². The van der Waals surface area contributed by atoms with Crippen molar-refractivity contribution in [3.63, 3.8) is 0 Å². The van der Waals surface area contributed by atoms with Crippen molar-refractivity contribution in [2.75, 3.05) is 24.6 Å². The number of fused-ring (bicyclic) bond motifs is 6. The van der Waals surface area contributed by atoms with E-state index in [1.54, 1.807) is 4.52 Å². The van der Waals surface area contributed by atoms with E-state index in [9.17, 15) is 9.90 Å². The number of carboxylic acid groups (broad SMARTS) is 1.